The fourth-order valence-electron chi connectivity index (χ4n) is 1.07. The summed E-state index contributed by atoms with van der Waals surface area (Å²) in [5.74, 6) is 3.63. The van der Waals surface area contributed by atoms with E-state index in [4.69, 9.17) is 5.73 Å². The number of pyridine rings is 1. The van der Waals surface area contributed by atoms with Crippen LogP contribution in [0.2, 0.25) is 0 Å². The molecule has 4 nitrogen and oxygen atoms in total. The van der Waals surface area contributed by atoms with Gasteiger partial charge in [0.2, 0.25) is 0 Å². The molecule has 0 aromatic carbocycles. The van der Waals surface area contributed by atoms with Crippen LogP contribution in [0.3, 0.4) is 0 Å². The second-order valence-electron chi connectivity index (χ2n) is 3.18. The van der Waals surface area contributed by atoms with Crippen LogP contribution in [0.4, 0.5) is 19.0 Å². The van der Waals surface area contributed by atoms with E-state index in [0.29, 0.717) is 0 Å². The number of esters is 1. The zero-order valence-corrected chi connectivity index (χ0v) is 9.34. The average molecular weight is 258 g/mol. The van der Waals surface area contributed by atoms with Crippen molar-refractivity contribution < 1.29 is 22.7 Å². The van der Waals surface area contributed by atoms with Gasteiger partial charge in [0, 0.05) is 0 Å². The first-order chi connectivity index (χ1) is 8.34. The molecule has 0 bridgehead atoms. The van der Waals surface area contributed by atoms with E-state index >= 15 is 0 Å². The zero-order valence-electron chi connectivity index (χ0n) is 9.34. The number of hydrogen-bond acceptors (Lipinski definition) is 4. The molecule has 0 spiro atoms. The number of hydrogen-bond donors (Lipinski definition) is 1. The molecule has 7 heteroatoms. The maximum Gasteiger partial charge on any atom is 0.434 e. The fraction of sp³-hybridized carbons (Fsp3) is 0.273. The van der Waals surface area contributed by atoms with E-state index in [9.17, 15) is 18.0 Å². The lowest BCUT2D eigenvalue weighted by Gasteiger charge is -2.08. The molecule has 0 amide bonds. The number of ether oxygens (including phenoxy) is 1. The summed E-state index contributed by atoms with van der Waals surface area (Å²) in [7, 11) is 1.16. The Morgan fingerprint density at radius 3 is 2.72 bits per heavy atom. The predicted octanol–water partition coefficient (Wildman–Crippen LogP) is 1.60. The van der Waals surface area contributed by atoms with E-state index in [0.717, 1.165) is 13.2 Å². The number of nitrogens with zero attached hydrogens (tertiary/aromatic N) is 1. The summed E-state index contributed by atoms with van der Waals surface area (Å²) in [6, 6.07) is 2.31. The lowest BCUT2D eigenvalue weighted by atomic mass is 10.2. The van der Waals surface area contributed by atoms with Crippen molar-refractivity contribution in [1.29, 1.82) is 0 Å². The zero-order chi connectivity index (χ0) is 13.8. The number of rotatable bonds is 1. The Balaban J connectivity index is 3.06. The Hall–Kier alpha value is -2.23. The highest BCUT2D eigenvalue weighted by molar-refractivity contribution is 5.72. The van der Waals surface area contributed by atoms with Crippen LogP contribution in [-0.4, -0.2) is 18.1 Å². The highest BCUT2D eigenvalue weighted by Gasteiger charge is 2.35. The number of methoxy groups -OCH3 is 1. The van der Waals surface area contributed by atoms with Crippen molar-refractivity contribution in [2.75, 3.05) is 12.8 Å². The van der Waals surface area contributed by atoms with Crippen LogP contribution < -0.4 is 5.73 Å². The standard InChI is InChI=1S/C11H9F3N2O2/c1-18-9(17)4-2-3-7-5-6-8(15)16-10(7)11(12,13)14/h5-6H,4H2,1H3,(H2,15,16). The van der Waals surface area contributed by atoms with Gasteiger partial charge < -0.3 is 10.5 Å². The highest BCUT2D eigenvalue weighted by atomic mass is 19.4. The Kier molecular flexibility index (Phi) is 4.15. The summed E-state index contributed by atoms with van der Waals surface area (Å²) in [5, 5.41) is 0. The normalized spacial score (nSPS) is 10.4. The molecular weight excluding hydrogens is 249 g/mol. The molecule has 0 radical (unpaired) electrons. The van der Waals surface area contributed by atoms with Gasteiger partial charge in [-0.15, -0.1) is 0 Å². The van der Waals surface area contributed by atoms with Gasteiger partial charge in [-0.2, -0.15) is 13.2 Å². The third-order valence-electron chi connectivity index (χ3n) is 1.87. The molecular formula is C11H9F3N2O2. The Bertz CT molecular complexity index is 515. The van der Waals surface area contributed by atoms with Crippen molar-refractivity contribution in [2.24, 2.45) is 0 Å². The summed E-state index contributed by atoms with van der Waals surface area (Å²) in [5.41, 5.74) is 3.69. The quantitative estimate of drug-likeness (QED) is 0.613. The smallest absolute Gasteiger partial charge is 0.434 e. The molecule has 1 rings (SSSR count). The molecule has 96 valence electrons. The average Bonchev–Trinajstić information content (AvgIpc) is 2.29. The lowest BCUT2D eigenvalue weighted by Crippen LogP contribution is -2.12. The second kappa shape index (κ2) is 5.40. The fourth-order valence-corrected chi connectivity index (χ4v) is 1.07. The summed E-state index contributed by atoms with van der Waals surface area (Å²) in [4.78, 5) is 14.0. The van der Waals surface area contributed by atoms with Crippen molar-refractivity contribution >= 4 is 11.8 Å². The number of halogens is 3. The molecule has 1 aromatic rings. The Morgan fingerprint density at radius 1 is 1.50 bits per heavy atom. The first kappa shape index (κ1) is 13.8. The summed E-state index contributed by atoms with van der Waals surface area (Å²) in [6.45, 7) is 0. The number of aromatic nitrogens is 1. The number of carbonyl (C=O) groups is 1. The van der Waals surface area contributed by atoms with Gasteiger partial charge in [-0.1, -0.05) is 11.8 Å². The van der Waals surface area contributed by atoms with Gasteiger partial charge in [0.25, 0.3) is 0 Å². The van der Waals surface area contributed by atoms with Gasteiger partial charge in [0.1, 0.15) is 12.2 Å². The van der Waals surface area contributed by atoms with Gasteiger partial charge in [-0.3, -0.25) is 4.79 Å². The molecule has 1 aromatic heterocycles. The van der Waals surface area contributed by atoms with E-state index in [-0.39, 0.29) is 17.8 Å². The predicted molar refractivity (Wildman–Crippen MR) is 57.2 cm³/mol. The van der Waals surface area contributed by atoms with Crippen LogP contribution in [0.15, 0.2) is 12.1 Å². The molecule has 0 atom stereocenters. The van der Waals surface area contributed by atoms with Crippen LogP contribution >= 0.6 is 0 Å². The minimum Gasteiger partial charge on any atom is -0.468 e. The second-order valence-corrected chi connectivity index (χ2v) is 3.18. The molecule has 0 aliphatic rings. The summed E-state index contributed by atoms with van der Waals surface area (Å²) < 4.78 is 42.1. The molecule has 18 heavy (non-hydrogen) atoms. The Labute approximate surface area is 101 Å². The van der Waals surface area contributed by atoms with E-state index in [1.807, 2.05) is 0 Å². The van der Waals surface area contributed by atoms with Gasteiger partial charge in [-0.25, -0.2) is 4.98 Å². The van der Waals surface area contributed by atoms with E-state index < -0.39 is 17.8 Å². The summed E-state index contributed by atoms with van der Waals surface area (Å²) in [6.07, 6.45) is -4.94. The van der Waals surface area contributed by atoms with Crippen LogP contribution in [0.25, 0.3) is 0 Å². The van der Waals surface area contributed by atoms with Crippen molar-refractivity contribution in [3.8, 4) is 11.8 Å². The van der Waals surface area contributed by atoms with Crippen molar-refractivity contribution in [3.05, 3.63) is 23.4 Å². The van der Waals surface area contributed by atoms with E-state index in [1.54, 1.807) is 0 Å². The number of nitrogens with two attached hydrogens (primary N) is 1. The number of alkyl halides is 3. The van der Waals surface area contributed by atoms with E-state index in [1.165, 1.54) is 6.07 Å². The minimum atomic E-state index is -4.65. The molecule has 2 N–H and O–H groups in total. The number of anilines is 1. The minimum absolute atomic E-state index is 0.249. The van der Waals surface area contributed by atoms with E-state index in [2.05, 4.69) is 21.6 Å². The van der Waals surface area contributed by atoms with Crippen molar-refractivity contribution in [3.63, 3.8) is 0 Å². The maximum absolute atomic E-state index is 12.6. The first-order valence-electron chi connectivity index (χ1n) is 4.74. The first-order valence-corrected chi connectivity index (χ1v) is 4.74. The van der Waals surface area contributed by atoms with Crippen LogP contribution in [-0.2, 0) is 15.7 Å². The monoisotopic (exact) mass is 258 g/mol. The summed E-state index contributed by atoms with van der Waals surface area (Å²) >= 11 is 0. The van der Waals surface area contributed by atoms with Crippen LogP contribution in [0, 0.1) is 11.8 Å². The molecule has 0 saturated heterocycles. The van der Waals surface area contributed by atoms with Gasteiger partial charge in [0.05, 0.1) is 12.7 Å². The number of nitrogen functional groups attached to an aromatic ring is 1. The van der Waals surface area contributed by atoms with Crippen molar-refractivity contribution in [1.82, 2.24) is 4.98 Å². The molecule has 1 heterocycles. The largest absolute Gasteiger partial charge is 0.468 e. The SMILES string of the molecule is COC(=O)CC#Cc1ccc(N)nc1C(F)(F)F. The Morgan fingerprint density at radius 2 is 2.17 bits per heavy atom. The molecule has 0 fully saturated rings. The van der Waals surface area contributed by atoms with Crippen LogP contribution in [0.5, 0.6) is 0 Å². The highest BCUT2D eigenvalue weighted by Crippen LogP contribution is 2.30. The maximum atomic E-state index is 12.6. The van der Waals surface area contributed by atoms with Gasteiger partial charge in [0.15, 0.2) is 5.69 Å². The lowest BCUT2D eigenvalue weighted by molar-refractivity contribution is -0.141. The van der Waals surface area contributed by atoms with Gasteiger partial charge in [-0.05, 0) is 12.1 Å². The third kappa shape index (κ3) is 3.66. The van der Waals surface area contributed by atoms with Crippen molar-refractivity contribution in [2.45, 2.75) is 12.6 Å². The molecule has 0 saturated carbocycles. The molecule has 0 aliphatic carbocycles. The topological polar surface area (TPSA) is 65.2 Å². The third-order valence-corrected chi connectivity index (χ3v) is 1.87. The molecule has 0 aliphatic heterocycles. The molecule has 0 unspecified atom stereocenters. The van der Waals surface area contributed by atoms with Crippen LogP contribution in [0.1, 0.15) is 17.7 Å². The number of carbonyl (C=O) groups excluding carboxylic acids is 1. The van der Waals surface area contributed by atoms with Gasteiger partial charge >= 0.3 is 12.1 Å².